The van der Waals surface area contributed by atoms with Crippen LogP contribution in [0.4, 0.5) is 0 Å². The van der Waals surface area contributed by atoms with E-state index in [4.69, 9.17) is 4.74 Å². The Balaban J connectivity index is 1.46. The number of rotatable bonds is 3. The number of allylic oxidation sites excluding steroid dienone is 4. The third kappa shape index (κ3) is 3.38. The zero-order chi connectivity index (χ0) is 23.5. The molecule has 1 heterocycles. The number of esters is 1. The van der Waals surface area contributed by atoms with Crippen LogP contribution in [0.5, 0.6) is 0 Å². The molecule has 176 valence electrons. The Morgan fingerprint density at radius 3 is 2.61 bits per heavy atom. The van der Waals surface area contributed by atoms with Gasteiger partial charge in [-0.2, -0.15) is 0 Å². The second-order valence-corrected chi connectivity index (χ2v) is 11.3. The summed E-state index contributed by atoms with van der Waals surface area (Å²) in [6.45, 7) is 6.27. The highest BCUT2D eigenvalue weighted by Gasteiger charge is 2.61. The summed E-state index contributed by atoms with van der Waals surface area (Å²) in [5, 5.41) is 0. The van der Waals surface area contributed by atoms with E-state index in [0.717, 1.165) is 44.1 Å². The van der Waals surface area contributed by atoms with Crippen molar-refractivity contribution in [1.29, 1.82) is 0 Å². The highest BCUT2D eigenvalue weighted by molar-refractivity contribution is 6.02. The van der Waals surface area contributed by atoms with Gasteiger partial charge in [-0.1, -0.05) is 18.6 Å². The van der Waals surface area contributed by atoms with Crippen LogP contribution in [0.2, 0.25) is 0 Å². The first kappa shape index (κ1) is 22.4. The minimum atomic E-state index is -0.445. The maximum absolute atomic E-state index is 13.1. The van der Waals surface area contributed by atoms with Crippen LogP contribution in [0.3, 0.4) is 0 Å². The smallest absolute Gasteiger partial charge is 0.340 e. The molecule has 0 radical (unpaired) electrons. The number of carbonyl (C=O) groups is 3. The predicted octanol–water partition coefficient (Wildman–Crippen LogP) is 5.10. The molecule has 0 N–H and O–H groups in total. The summed E-state index contributed by atoms with van der Waals surface area (Å²) < 4.78 is 6.04. The third-order valence-electron chi connectivity index (χ3n) is 9.69. The van der Waals surface area contributed by atoms with Crippen molar-refractivity contribution in [2.24, 2.45) is 34.5 Å². The zero-order valence-corrected chi connectivity index (χ0v) is 20.2. The van der Waals surface area contributed by atoms with Gasteiger partial charge in [-0.15, -0.1) is 0 Å². The van der Waals surface area contributed by atoms with Crippen molar-refractivity contribution in [3.05, 3.63) is 47.5 Å². The molecule has 33 heavy (non-hydrogen) atoms. The second kappa shape index (κ2) is 7.82. The van der Waals surface area contributed by atoms with E-state index >= 15 is 0 Å². The number of carbonyl (C=O) groups excluding carboxylic acids is 3. The molecule has 0 amide bonds. The van der Waals surface area contributed by atoms with E-state index in [2.05, 4.69) is 13.8 Å². The average molecular weight is 450 g/mol. The van der Waals surface area contributed by atoms with E-state index in [-0.39, 0.29) is 23.1 Å². The molecule has 0 aromatic carbocycles. The van der Waals surface area contributed by atoms with E-state index in [1.165, 1.54) is 0 Å². The van der Waals surface area contributed by atoms with Gasteiger partial charge >= 0.3 is 5.97 Å². The van der Waals surface area contributed by atoms with Gasteiger partial charge < -0.3 is 9.64 Å². The first-order valence-electron chi connectivity index (χ1n) is 12.4. The SMILES string of the molecule is CC(=O)[C@H]1CC[C@H]2[C@@H]3CCC4=CC(=O)C=C(OC(=O)C5=CN(C)C=CC5)[C@]4(C)[C@H]3CC[C@]12C. The van der Waals surface area contributed by atoms with Gasteiger partial charge in [0, 0.05) is 31.7 Å². The van der Waals surface area contributed by atoms with E-state index in [9.17, 15) is 14.4 Å². The van der Waals surface area contributed by atoms with Gasteiger partial charge in [0.2, 0.25) is 0 Å². The number of Topliss-reactive ketones (excluding diaryl/α,β-unsaturated/α-hetero) is 1. The van der Waals surface area contributed by atoms with Gasteiger partial charge in [0.15, 0.2) is 5.78 Å². The molecule has 0 unspecified atom stereocenters. The van der Waals surface area contributed by atoms with Crippen molar-refractivity contribution in [3.8, 4) is 0 Å². The third-order valence-corrected chi connectivity index (χ3v) is 9.69. The van der Waals surface area contributed by atoms with Gasteiger partial charge in [-0.05, 0) is 87.8 Å². The molecule has 0 bridgehead atoms. The molecule has 1 aliphatic heterocycles. The van der Waals surface area contributed by atoms with Crippen LogP contribution in [0.15, 0.2) is 47.5 Å². The van der Waals surface area contributed by atoms with Crippen molar-refractivity contribution in [1.82, 2.24) is 4.90 Å². The molecule has 6 atom stereocenters. The highest BCUT2D eigenvalue weighted by atomic mass is 16.5. The van der Waals surface area contributed by atoms with Crippen molar-refractivity contribution < 1.29 is 19.1 Å². The van der Waals surface area contributed by atoms with E-state index in [1.807, 2.05) is 24.2 Å². The molecule has 0 saturated heterocycles. The molecule has 5 aliphatic rings. The number of hydrogen-bond acceptors (Lipinski definition) is 5. The summed E-state index contributed by atoms with van der Waals surface area (Å²) in [7, 11) is 1.88. The highest BCUT2D eigenvalue weighted by Crippen LogP contribution is 2.67. The van der Waals surface area contributed by atoms with Crippen LogP contribution >= 0.6 is 0 Å². The van der Waals surface area contributed by atoms with Gasteiger partial charge in [0.1, 0.15) is 11.5 Å². The Morgan fingerprint density at radius 1 is 1.09 bits per heavy atom. The van der Waals surface area contributed by atoms with Crippen molar-refractivity contribution in [3.63, 3.8) is 0 Å². The minimum absolute atomic E-state index is 0.0689. The molecule has 5 heteroatoms. The summed E-state index contributed by atoms with van der Waals surface area (Å²) in [6.07, 6.45) is 15.5. The summed E-state index contributed by atoms with van der Waals surface area (Å²) in [6, 6.07) is 0. The van der Waals surface area contributed by atoms with E-state index < -0.39 is 5.41 Å². The first-order chi connectivity index (χ1) is 15.6. The summed E-state index contributed by atoms with van der Waals surface area (Å²) >= 11 is 0. The molecule has 0 aromatic heterocycles. The number of hydrogen-bond donors (Lipinski definition) is 0. The maximum atomic E-state index is 13.1. The lowest BCUT2D eigenvalue weighted by atomic mass is 9.47. The monoisotopic (exact) mass is 449 g/mol. The summed E-state index contributed by atoms with van der Waals surface area (Å²) in [5.41, 5.74) is 1.33. The molecule has 5 nitrogen and oxygen atoms in total. The molecule has 3 saturated carbocycles. The lowest BCUT2D eigenvalue weighted by Crippen LogP contribution is -2.51. The van der Waals surface area contributed by atoms with Crippen LogP contribution in [0, 0.1) is 34.5 Å². The van der Waals surface area contributed by atoms with Crippen LogP contribution in [-0.4, -0.2) is 29.5 Å². The molecular weight excluding hydrogens is 414 g/mol. The molecule has 4 aliphatic carbocycles. The maximum Gasteiger partial charge on any atom is 0.340 e. The fourth-order valence-corrected chi connectivity index (χ4v) is 8.07. The topological polar surface area (TPSA) is 63.7 Å². The Morgan fingerprint density at radius 2 is 1.88 bits per heavy atom. The first-order valence-corrected chi connectivity index (χ1v) is 12.4. The van der Waals surface area contributed by atoms with Gasteiger partial charge in [-0.3, -0.25) is 9.59 Å². The Kier molecular flexibility index (Phi) is 5.30. The Bertz CT molecular complexity index is 1030. The lowest BCUT2D eigenvalue weighted by Gasteiger charge is -2.57. The largest absolute Gasteiger partial charge is 0.427 e. The normalized spacial score (nSPS) is 39.6. The van der Waals surface area contributed by atoms with Crippen LogP contribution in [0.1, 0.15) is 65.7 Å². The summed E-state index contributed by atoms with van der Waals surface area (Å²) in [5.74, 6) is 1.87. The number of fused-ring (bicyclic) bond motifs is 5. The molecule has 3 fully saturated rings. The Labute approximate surface area is 196 Å². The number of nitrogens with zero attached hydrogens (tertiary/aromatic N) is 1. The lowest BCUT2D eigenvalue weighted by molar-refractivity contribution is -0.140. The molecular formula is C28H35NO4. The molecule has 5 rings (SSSR count). The standard InChI is InChI=1S/C28H35NO4/c1-17(30)22-9-10-23-21-8-7-19-14-20(31)15-25(28(19,3)24(21)11-12-27(22,23)2)33-26(32)18-6-5-13-29(4)16-18/h5,13-16,21-24H,6-12H2,1-4H3/t21-,22+,23-,24-,27+,28-/m0/s1. The van der Waals surface area contributed by atoms with Crippen LogP contribution < -0.4 is 0 Å². The fourth-order valence-electron chi connectivity index (χ4n) is 8.07. The van der Waals surface area contributed by atoms with Gasteiger partial charge in [-0.25, -0.2) is 4.79 Å². The zero-order valence-electron chi connectivity index (χ0n) is 20.2. The quantitative estimate of drug-likeness (QED) is 0.561. The summed E-state index contributed by atoms with van der Waals surface area (Å²) in [4.78, 5) is 39.9. The van der Waals surface area contributed by atoms with Crippen LogP contribution in [-0.2, 0) is 19.1 Å². The van der Waals surface area contributed by atoms with Crippen molar-refractivity contribution in [2.45, 2.75) is 65.7 Å². The molecule has 0 spiro atoms. The predicted molar refractivity (Wildman–Crippen MR) is 125 cm³/mol. The van der Waals surface area contributed by atoms with Crippen molar-refractivity contribution in [2.75, 3.05) is 7.05 Å². The second-order valence-electron chi connectivity index (χ2n) is 11.3. The average Bonchev–Trinajstić information content (AvgIpc) is 3.12. The van der Waals surface area contributed by atoms with E-state index in [0.29, 0.717) is 41.3 Å². The number of ether oxygens (including phenoxy) is 1. The minimum Gasteiger partial charge on any atom is -0.427 e. The Hall–Kier alpha value is -2.43. The van der Waals surface area contributed by atoms with Gasteiger partial charge in [0.25, 0.3) is 0 Å². The number of ketones is 2. The molecule has 0 aromatic rings. The van der Waals surface area contributed by atoms with Crippen LogP contribution in [0.25, 0.3) is 0 Å². The van der Waals surface area contributed by atoms with Gasteiger partial charge in [0.05, 0.1) is 11.0 Å². The van der Waals surface area contributed by atoms with E-state index in [1.54, 1.807) is 25.3 Å². The van der Waals surface area contributed by atoms with Crippen molar-refractivity contribution >= 4 is 17.5 Å². The fraction of sp³-hybridized carbons (Fsp3) is 0.607.